The van der Waals surface area contributed by atoms with Crippen LogP contribution in [0.2, 0.25) is 0 Å². The van der Waals surface area contributed by atoms with Crippen LogP contribution >= 0.6 is 0 Å². The first-order valence-corrected chi connectivity index (χ1v) is 5.14. The molecule has 1 unspecified atom stereocenters. The van der Waals surface area contributed by atoms with E-state index < -0.39 is 11.7 Å². The van der Waals surface area contributed by atoms with Gasteiger partial charge in [-0.1, -0.05) is 0 Å². The van der Waals surface area contributed by atoms with E-state index in [2.05, 4.69) is 5.32 Å². The Balaban J connectivity index is 2.36. The minimum absolute atomic E-state index is 0.301. The lowest BCUT2D eigenvalue weighted by molar-refractivity contribution is -0.339. The van der Waals surface area contributed by atoms with Gasteiger partial charge in [0.1, 0.15) is 11.2 Å². The molecular weight excluding hydrogens is 198 g/mol. The van der Waals surface area contributed by atoms with E-state index >= 15 is 0 Å². The van der Waals surface area contributed by atoms with Crippen molar-refractivity contribution in [3.8, 4) is 0 Å². The maximum atomic E-state index is 11.1. The van der Waals surface area contributed by atoms with Crippen LogP contribution in [0.1, 0.15) is 34.1 Å². The van der Waals surface area contributed by atoms with E-state index in [9.17, 15) is 4.79 Å². The van der Waals surface area contributed by atoms with E-state index in [1.165, 1.54) is 0 Å². The highest BCUT2D eigenvalue weighted by molar-refractivity contribution is 5.67. The fourth-order valence-electron chi connectivity index (χ4n) is 1.71. The number of carbonyl (C=O) groups excluding carboxylic acids is 1. The Bertz CT molecular complexity index is 242. The van der Waals surface area contributed by atoms with Gasteiger partial charge in [0.25, 0.3) is 0 Å². The topological polar surface area (TPSA) is 56.8 Å². The van der Waals surface area contributed by atoms with Gasteiger partial charge in [0, 0.05) is 6.42 Å². The summed E-state index contributed by atoms with van der Waals surface area (Å²) in [5.41, 5.74) is -0.776. The van der Waals surface area contributed by atoms with Crippen LogP contribution in [0.25, 0.3) is 0 Å². The van der Waals surface area contributed by atoms with Gasteiger partial charge in [0.2, 0.25) is 0 Å². The lowest BCUT2D eigenvalue weighted by Gasteiger charge is -2.20. The summed E-state index contributed by atoms with van der Waals surface area (Å²) in [6.45, 7) is 8.31. The molecule has 1 heterocycles. The number of amides is 1. The zero-order valence-electron chi connectivity index (χ0n) is 9.75. The lowest BCUT2D eigenvalue weighted by Crippen LogP contribution is -2.41. The van der Waals surface area contributed by atoms with Gasteiger partial charge in [-0.25, -0.2) is 14.6 Å². The van der Waals surface area contributed by atoms with Crippen molar-refractivity contribution in [2.45, 2.75) is 45.3 Å². The summed E-state index contributed by atoms with van der Waals surface area (Å²) in [6, 6.07) is 0. The fraction of sp³-hybridized carbons (Fsp3) is 0.900. The van der Waals surface area contributed by atoms with E-state index in [4.69, 9.17) is 14.5 Å². The van der Waals surface area contributed by atoms with Crippen LogP contribution in [0.3, 0.4) is 0 Å². The summed E-state index contributed by atoms with van der Waals surface area (Å²) in [4.78, 5) is 21.4. The van der Waals surface area contributed by atoms with Crippen molar-refractivity contribution in [1.82, 2.24) is 5.32 Å². The summed E-state index contributed by atoms with van der Waals surface area (Å²) >= 11 is 0. The lowest BCUT2D eigenvalue weighted by atomic mass is 9.92. The zero-order chi connectivity index (χ0) is 11.5. The molecule has 1 amide bonds. The molecule has 0 aliphatic carbocycles. The molecular formula is C10H19NO4. The molecule has 1 rings (SSSR count). The van der Waals surface area contributed by atoms with E-state index in [1.807, 2.05) is 20.8 Å². The predicted octanol–water partition coefficient (Wildman–Crippen LogP) is 1.62. The van der Waals surface area contributed by atoms with Gasteiger partial charge in [-0.15, -0.1) is 0 Å². The summed E-state index contributed by atoms with van der Waals surface area (Å²) in [5.74, 6) is 0. The SMILES string of the molecule is CCOC(=O)NCC1(C)CC(C)(C)OO1. The highest BCUT2D eigenvalue weighted by atomic mass is 17.2. The van der Waals surface area contributed by atoms with Crippen LogP contribution in [-0.4, -0.2) is 30.4 Å². The molecule has 0 aromatic heterocycles. The molecule has 15 heavy (non-hydrogen) atoms. The first-order chi connectivity index (χ1) is 6.87. The second-order valence-corrected chi connectivity index (χ2v) is 4.63. The molecule has 0 aromatic carbocycles. The van der Waals surface area contributed by atoms with Crippen LogP contribution in [0, 0.1) is 0 Å². The quantitative estimate of drug-likeness (QED) is 0.730. The van der Waals surface area contributed by atoms with Crippen LogP contribution in [0.5, 0.6) is 0 Å². The molecule has 1 saturated heterocycles. The molecule has 0 saturated carbocycles. The second-order valence-electron chi connectivity index (χ2n) is 4.63. The highest BCUT2D eigenvalue weighted by Crippen LogP contribution is 2.34. The van der Waals surface area contributed by atoms with E-state index in [1.54, 1.807) is 6.92 Å². The van der Waals surface area contributed by atoms with Gasteiger partial charge >= 0.3 is 6.09 Å². The third-order valence-electron chi connectivity index (χ3n) is 2.15. The van der Waals surface area contributed by atoms with E-state index in [0.717, 1.165) is 6.42 Å². The Morgan fingerprint density at radius 3 is 2.53 bits per heavy atom. The number of nitrogens with one attached hydrogen (secondary N) is 1. The first kappa shape index (κ1) is 12.3. The molecule has 1 atom stereocenters. The van der Waals surface area contributed by atoms with Crippen molar-refractivity contribution >= 4 is 6.09 Å². The van der Waals surface area contributed by atoms with Crippen molar-refractivity contribution in [2.75, 3.05) is 13.2 Å². The minimum atomic E-state index is -0.476. The largest absolute Gasteiger partial charge is 0.450 e. The normalized spacial score (nSPS) is 28.8. The van der Waals surface area contributed by atoms with Crippen molar-refractivity contribution in [1.29, 1.82) is 0 Å². The van der Waals surface area contributed by atoms with Crippen LogP contribution in [0.4, 0.5) is 4.79 Å². The third-order valence-corrected chi connectivity index (χ3v) is 2.15. The maximum absolute atomic E-state index is 11.1. The minimum Gasteiger partial charge on any atom is -0.450 e. The molecule has 1 fully saturated rings. The Labute approximate surface area is 90.0 Å². The monoisotopic (exact) mass is 217 g/mol. The Morgan fingerprint density at radius 1 is 1.40 bits per heavy atom. The van der Waals surface area contributed by atoms with Crippen molar-refractivity contribution in [2.24, 2.45) is 0 Å². The Morgan fingerprint density at radius 2 is 2.07 bits per heavy atom. The molecule has 1 aliphatic rings. The standard InChI is InChI=1S/C10H19NO4/c1-5-13-8(12)11-7-10(4)6-9(2,3)14-15-10/h5-7H2,1-4H3,(H,11,12). The number of alkyl carbamates (subject to hydrolysis) is 1. The molecule has 1 N–H and O–H groups in total. The molecule has 0 radical (unpaired) electrons. The van der Waals surface area contributed by atoms with E-state index in [0.29, 0.717) is 13.2 Å². The van der Waals surface area contributed by atoms with Crippen LogP contribution in [-0.2, 0) is 14.5 Å². The van der Waals surface area contributed by atoms with Crippen molar-refractivity contribution < 1.29 is 19.3 Å². The molecule has 1 aliphatic heterocycles. The summed E-state index contributed by atoms with van der Waals surface area (Å²) in [7, 11) is 0. The Kier molecular flexibility index (Phi) is 3.57. The summed E-state index contributed by atoms with van der Waals surface area (Å²) in [6.07, 6.45) is 0.305. The molecule has 0 spiro atoms. The average Bonchev–Trinajstić information content (AvgIpc) is 2.39. The van der Waals surface area contributed by atoms with Gasteiger partial charge in [0.15, 0.2) is 0 Å². The molecule has 5 heteroatoms. The number of hydrogen-bond donors (Lipinski definition) is 1. The number of rotatable bonds is 3. The van der Waals surface area contributed by atoms with Crippen molar-refractivity contribution in [3.05, 3.63) is 0 Å². The van der Waals surface area contributed by atoms with Crippen molar-refractivity contribution in [3.63, 3.8) is 0 Å². The van der Waals surface area contributed by atoms with Gasteiger partial charge in [-0.2, -0.15) is 0 Å². The van der Waals surface area contributed by atoms with Gasteiger partial charge in [-0.3, -0.25) is 0 Å². The molecule has 5 nitrogen and oxygen atoms in total. The first-order valence-electron chi connectivity index (χ1n) is 5.14. The van der Waals surface area contributed by atoms with Crippen LogP contribution < -0.4 is 5.32 Å². The second kappa shape index (κ2) is 4.37. The maximum Gasteiger partial charge on any atom is 0.407 e. The summed E-state index contributed by atoms with van der Waals surface area (Å²) in [5, 5.41) is 2.64. The smallest absolute Gasteiger partial charge is 0.407 e. The number of ether oxygens (including phenoxy) is 1. The van der Waals surface area contributed by atoms with E-state index in [-0.39, 0.29) is 5.60 Å². The van der Waals surface area contributed by atoms with Gasteiger partial charge < -0.3 is 10.1 Å². The van der Waals surface area contributed by atoms with Gasteiger partial charge in [-0.05, 0) is 27.7 Å². The third kappa shape index (κ3) is 3.68. The molecule has 0 aromatic rings. The zero-order valence-corrected chi connectivity index (χ0v) is 9.75. The Hall–Kier alpha value is -0.810. The predicted molar refractivity (Wildman–Crippen MR) is 54.3 cm³/mol. The number of carbonyl (C=O) groups is 1. The highest BCUT2D eigenvalue weighted by Gasteiger charge is 2.43. The van der Waals surface area contributed by atoms with Gasteiger partial charge in [0.05, 0.1) is 13.2 Å². The van der Waals surface area contributed by atoms with Crippen LogP contribution in [0.15, 0.2) is 0 Å². The fourth-order valence-corrected chi connectivity index (χ4v) is 1.71. The average molecular weight is 217 g/mol. The molecule has 88 valence electrons. The summed E-state index contributed by atoms with van der Waals surface area (Å²) < 4.78 is 4.75. The number of hydrogen-bond acceptors (Lipinski definition) is 4. The molecule has 0 bridgehead atoms.